The molecule has 180 valence electrons. The van der Waals surface area contributed by atoms with Crippen molar-refractivity contribution in [2.45, 2.75) is 37.5 Å². The molecule has 34 heavy (non-hydrogen) atoms. The molecule has 0 bridgehead atoms. The summed E-state index contributed by atoms with van der Waals surface area (Å²) in [4.78, 5) is 5.97. The first-order chi connectivity index (χ1) is 16.0. The summed E-state index contributed by atoms with van der Waals surface area (Å²) in [6.07, 6.45) is -3.67. The molecule has 0 aliphatic heterocycles. The van der Waals surface area contributed by atoms with Crippen LogP contribution in [0.25, 0.3) is 22.4 Å². The minimum absolute atomic E-state index is 0.0589. The van der Waals surface area contributed by atoms with Crippen LogP contribution < -0.4 is 0 Å². The van der Waals surface area contributed by atoms with Crippen LogP contribution in [0.4, 0.5) is 13.2 Å². The Hall–Kier alpha value is -3.32. The largest absolute Gasteiger partial charge is 0.416 e. The van der Waals surface area contributed by atoms with E-state index in [9.17, 15) is 21.6 Å². The van der Waals surface area contributed by atoms with Gasteiger partial charge in [-0.05, 0) is 42.0 Å². The number of nitrogens with zero attached hydrogens (tertiary/aromatic N) is 7. The highest BCUT2D eigenvalue weighted by molar-refractivity contribution is 7.89. The van der Waals surface area contributed by atoms with Crippen molar-refractivity contribution in [3.63, 3.8) is 0 Å². The molecule has 0 atom stereocenters. The van der Waals surface area contributed by atoms with Gasteiger partial charge in [0.2, 0.25) is 15.8 Å². The Bertz CT molecular complexity index is 1440. The van der Waals surface area contributed by atoms with Gasteiger partial charge in [-0.2, -0.15) is 18.0 Å². The van der Waals surface area contributed by atoms with Crippen molar-refractivity contribution in [3.05, 3.63) is 53.9 Å². The number of rotatable bonds is 7. The second kappa shape index (κ2) is 8.80. The van der Waals surface area contributed by atoms with E-state index >= 15 is 0 Å². The molecule has 4 rings (SSSR count). The zero-order chi connectivity index (χ0) is 24.7. The van der Waals surface area contributed by atoms with Crippen LogP contribution in [0.1, 0.15) is 24.7 Å². The van der Waals surface area contributed by atoms with Gasteiger partial charge in [0.1, 0.15) is 12.4 Å². The molecule has 0 unspecified atom stereocenters. The van der Waals surface area contributed by atoms with Crippen LogP contribution >= 0.6 is 0 Å². The zero-order valence-electron chi connectivity index (χ0n) is 18.7. The van der Waals surface area contributed by atoms with Crippen LogP contribution in [-0.2, 0) is 29.3 Å². The van der Waals surface area contributed by atoms with Crippen LogP contribution in [0.2, 0.25) is 0 Å². The minimum Gasteiger partial charge on any atom is -0.326 e. The van der Waals surface area contributed by atoms with Crippen LogP contribution in [-0.4, -0.2) is 56.6 Å². The predicted octanol–water partition coefficient (Wildman–Crippen LogP) is 3.42. The van der Waals surface area contributed by atoms with E-state index in [0.29, 0.717) is 17.9 Å². The van der Waals surface area contributed by atoms with Gasteiger partial charge in [-0.15, -0.1) is 10.2 Å². The topological polar surface area (TPSA) is 98.8 Å². The van der Waals surface area contributed by atoms with Crippen LogP contribution in [0.3, 0.4) is 0 Å². The average molecular weight is 494 g/mol. The summed E-state index contributed by atoms with van der Waals surface area (Å²) in [5, 5.41) is 12.1. The molecule has 2 aromatic carbocycles. The molecule has 0 aliphatic carbocycles. The van der Waals surface area contributed by atoms with E-state index in [2.05, 4.69) is 20.4 Å². The maximum Gasteiger partial charge on any atom is 0.416 e. The smallest absolute Gasteiger partial charge is 0.326 e. The fourth-order valence-electron chi connectivity index (χ4n) is 3.51. The van der Waals surface area contributed by atoms with Gasteiger partial charge in [-0.1, -0.05) is 19.1 Å². The monoisotopic (exact) mass is 493 g/mol. The number of benzene rings is 2. The second-order valence-corrected chi connectivity index (χ2v) is 9.99. The van der Waals surface area contributed by atoms with Crippen LogP contribution in [0.15, 0.2) is 47.4 Å². The molecular weight excluding hydrogens is 471 g/mol. The highest BCUT2D eigenvalue weighted by Crippen LogP contribution is 2.31. The Morgan fingerprint density at radius 2 is 1.85 bits per heavy atom. The van der Waals surface area contributed by atoms with Gasteiger partial charge >= 0.3 is 6.18 Å². The number of fused-ring (bicyclic) bond motifs is 1. The molecule has 0 amide bonds. The molecule has 0 saturated carbocycles. The molecule has 9 nitrogen and oxygen atoms in total. The maximum absolute atomic E-state index is 13.0. The molecule has 0 N–H and O–H groups in total. The number of aromatic nitrogens is 6. The molecule has 0 saturated heterocycles. The van der Waals surface area contributed by atoms with Crippen molar-refractivity contribution in [1.82, 2.24) is 34.1 Å². The number of hydrogen-bond donors (Lipinski definition) is 0. The Morgan fingerprint density at radius 1 is 1.09 bits per heavy atom. The Kier molecular flexibility index (Phi) is 6.16. The number of imidazole rings is 1. The number of alkyl halides is 3. The van der Waals surface area contributed by atoms with Gasteiger partial charge < -0.3 is 4.57 Å². The number of tetrazole rings is 1. The number of hydrogen-bond acceptors (Lipinski definition) is 6. The summed E-state index contributed by atoms with van der Waals surface area (Å²) >= 11 is 0. The summed E-state index contributed by atoms with van der Waals surface area (Å²) in [5.74, 6) is 0.632. The highest BCUT2D eigenvalue weighted by Gasteiger charge is 2.30. The van der Waals surface area contributed by atoms with Gasteiger partial charge in [0, 0.05) is 26.2 Å². The standard InChI is InChI=1S/C21H22F3N7O2S/c1-4-10-30-18-9-8-16(34(32,33)29(2)3)12-17(18)25-19(30)13-31-27-20(26-28-31)14-6-5-7-15(11-14)21(22,23)24/h5-9,11-12H,4,10,13H2,1-3H3. The first-order valence-corrected chi connectivity index (χ1v) is 11.8. The molecule has 2 heterocycles. The van der Waals surface area contributed by atoms with Crippen LogP contribution in [0.5, 0.6) is 0 Å². The quantitative estimate of drug-likeness (QED) is 0.391. The van der Waals surface area contributed by atoms with E-state index in [-0.39, 0.29) is 22.8 Å². The first-order valence-electron chi connectivity index (χ1n) is 10.4. The van der Waals surface area contributed by atoms with Crippen molar-refractivity contribution in [2.24, 2.45) is 0 Å². The molecule has 13 heteroatoms. The summed E-state index contributed by atoms with van der Waals surface area (Å²) in [5.41, 5.74) is 0.661. The van der Waals surface area contributed by atoms with E-state index in [1.807, 2.05) is 11.5 Å². The van der Waals surface area contributed by atoms with E-state index in [4.69, 9.17) is 0 Å². The minimum atomic E-state index is -4.48. The summed E-state index contributed by atoms with van der Waals surface area (Å²) < 4.78 is 67.1. The molecule has 0 radical (unpaired) electrons. The summed E-state index contributed by atoms with van der Waals surface area (Å²) in [6, 6.07) is 9.49. The molecule has 0 spiro atoms. The third-order valence-electron chi connectivity index (χ3n) is 5.21. The molecule has 0 aliphatic rings. The third kappa shape index (κ3) is 4.53. The molecule has 4 aromatic rings. The zero-order valence-corrected chi connectivity index (χ0v) is 19.5. The van der Waals surface area contributed by atoms with Crippen molar-refractivity contribution >= 4 is 21.1 Å². The number of aryl methyl sites for hydroxylation is 1. The molecular formula is C21H22F3N7O2S. The van der Waals surface area contributed by atoms with E-state index in [1.165, 1.54) is 43.2 Å². The third-order valence-corrected chi connectivity index (χ3v) is 7.02. The van der Waals surface area contributed by atoms with Crippen molar-refractivity contribution in [2.75, 3.05) is 14.1 Å². The van der Waals surface area contributed by atoms with Gasteiger partial charge in [-0.3, -0.25) is 0 Å². The van der Waals surface area contributed by atoms with Gasteiger partial charge in [0.25, 0.3) is 0 Å². The average Bonchev–Trinajstić information content (AvgIpc) is 3.38. The summed E-state index contributed by atoms with van der Waals surface area (Å²) in [6.45, 7) is 2.73. The fraction of sp³-hybridized carbons (Fsp3) is 0.333. The maximum atomic E-state index is 13.0. The number of halogens is 3. The summed E-state index contributed by atoms with van der Waals surface area (Å²) in [7, 11) is -0.706. The Balaban J connectivity index is 1.69. The van der Waals surface area contributed by atoms with Gasteiger partial charge in [0.15, 0.2) is 0 Å². The lowest BCUT2D eigenvalue weighted by Crippen LogP contribution is -2.22. The van der Waals surface area contributed by atoms with Crippen molar-refractivity contribution in [3.8, 4) is 11.4 Å². The second-order valence-electron chi connectivity index (χ2n) is 7.84. The van der Waals surface area contributed by atoms with E-state index in [0.717, 1.165) is 28.4 Å². The lowest BCUT2D eigenvalue weighted by molar-refractivity contribution is -0.137. The molecule has 2 aromatic heterocycles. The lowest BCUT2D eigenvalue weighted by atomic mass is 10.1. The first kappa shape index (κ1) is 23.8. The van der Waals surface area contributed by atoms with Crippen LogP contribution in [0, 0.1) is 0 Å². The number of sulfonamides is 1. The van der Waals surface area contributed by atoms with Gasteiger partial charge in [-0.25, -0.2) is 17.7 Å². The molecule has 0 fully saturated rings. The SMILES string of the molecule is CCCn1c(Cn2nnc(-c3cccc(C(F)(F)F)c3)n2)nc2cc(S(=O)(=O)N(C)C)ccc21. The predicted molar refractivity (Wildman–Crippen MR) is 118 cm³/mol. The van der Waals surface area contributed by atoms with Crippen molar-refractivity contribution in [1.29, 1.82) is 0 Å². The van der Waals surface area contributed by atoms with E-state index in [1.54, 1.807) is 6.07 Å². The lowest BCUT2D eigenvalue weighted by Gasteiger charge is -2.11. The normalized spacial score (nSPS) is 12.7. The highest BCUT2D eigenvalue weighted by atomic mass is 32.2. The van der Waals surface area contributed by atoms with E-state index < -0.39 is 21.8 Å². The Labute approximate surface area is 193 Å². The van der Waals surface area contributed by atoms with Gasteiger partial charge in [0.05, 0.1) is 21.5 Å². The fourth-order valence-corrected chi connectivity index (χ4v) is 4.43. The Morgan fingerprint density at radius 3 is 2.53 bits per heavy atom. The van der Waals surface area contributed by atoms with Crippen molar-refractivity contribution < 1.29 is 21.6 Å².